The molecule has 5 nitrogen and oxygen atoms in total. The molecule has 2 aromatic heterocycles. The lowest BCUT2D eigenvalue weighted by molar-refractivity contribution is -0.141. The number of thiazole rings is 1. The first kappa shape index (κ1) is 20.5. The topological polar surface area (TPSA) is 61.2 Å². The molecule has 2 heterocycles. The summed E-state index contributed by atoms with van der Waals surface area (Å²) in [4.78, 5) is 28.8. The summed E-state index contributed by atoms with van der Waals surface area (Å²) in [6.45, 7) is 6.55. The minimum absolute atomic E-state index is 0.103. The van der Waals surface area contributed by atoms with Gasteiger partial charge >= 0.3 is 5.97 Å². The van der Waals surface area contributed by atoms with Crippen LogP contribution in [-0.2, 0) is 22.5 Å². The zero-order valence-electron chi connectivity index (χ0n) is 16.9. The number of esters is 1. The first-order valence-electron chi connectivity index (χ1n) is 9.88. The summed E-state index contributed by atoms with van der Waals surface area (Å²) in [5, 5.41) is 2.75. The SMILES string of the molecule is Cc1nc(CC(=O)OCC(=O)c2cc(C)n(CCC3=CCCCC3)c2C)cs1. The smallest absolute Gasteiger partial charge is 0.312 e. The third-order valence-corrected chi connectivity index (χ3v) is 6.09. The molecular weight excluding hydrogens is 372 g/mol. The van der Waals surface area contributed by atoms with E-state index in [0.29, 0.717) is 11.3 Å². The minimum atomic E-state index is -0.420. The van der Waals surface area contributed by atoms with E-state index in [9.17, 15) is 9.59 Å². The highest BCUT2D eigenvalue weighted by atomic mass is 32.1. The van der Waals surface area contributed by atoms with Crippen molar-refractivity contribution in [1.29, 1.82) is 0 Å². The lowest BCUT2D eigenvalue weighted by atomic mass is 9.97. The monoisotopic (exact) mass is 400 g/mol. The first-order chi connectivity index (χ1) is 13.4. The van der Waals surface area contributed by atoms with Crippen LogP contribution in [0.3, 0.4) is 0 Å². The molecule has 1 aliphatic rings. The fourth-order valence-electron chi connectivity index (χ4n) is 3.73. The van der Waals surface area contributed by atoms with Crippen molar-refractivity contribution in [3.8, 4) is 0 Å². The maximum Gasteiger partial charge on any atom is 0.312 e. The second-order valence-electron chi connectivity index (χ2n) is 7.41. The van der Waals surface area contributed by atoms with Gasteiger partial charge in [0.2, 0.25) is 5.78 Å². The molecule has 2 aromatic rings. The number of ether oxygens (including phenoxy) is 1. The molecule has 0 aliphatic heterocycles. The molecule has 6 heteroatoms. The van der Waals surface area contributed by atoms with E-state index in [4.69, 9.17) is 4.74 Å². The van der Waals surface area contributed by atoms with Crippen molar-refractivity contribution < 1.29 is 14.3 Å². The molecule has 0 fully saturated rings. The van der Waals surface area contributed by atoms with Gasteiger partial charge in [0.25, 0.3) is 0 Å². The third kappa shape index (κ3) is 5.19. The molecule has 0 bridgehead atoms. The number of aromatic nitrogens is 2. The second-order valence-corrected chi connectivity index (χ2v) is 8.48. The number of rotatable bonds is 8. The van der Waals surface area contributed by atoms with Crippen molar-refractivity contribution in [2.24, 2.45) is 0 Å². The molecule has 28 heavy (non-hydrogen) atoms. The summed E-state index contributed by atoms with van der Waals surface area (Å²) in [6.07, 6.45) is 8.47. The number of hydrogen-bond acceptors (Lipinski definition) is 5. The fourth-order valence-corrected chi connectivity index (χ4v) is 4.34. The van der Waals surface area contributed by atoms with Crippen LogP contribution in [0.5, 0.6) is 0 Å². The van der Waals surface area contributed by atoms with Gasteiger partial charge < -0.3 is 9.30 Å². The summed E-state index contributed by atoms with van der Waals surface area (Å²) < 4.78 is 7.39. The molecule has 0 radical (unpaired) electrons. The molecule has 0 saturated carbocycles. The van der Waals surface area contributed by atoms with Crippen molar-refractivity contribution in [2.45, 2.75) is 65.8 Å². The molecule has 150 valence electrons. The highest BCUT2D eigenvalue weighted by molar-refractivity contribution is 7.09. The van der Waals surface area contributed by atoms with Gasteiger partial charge in [0, 0.05) is 28.9 Å². The van der Waals surface area contributed by atoms with Crippen molar-refractivity contribution in [2.75, 3.05) is 6.61 Å². The van der Waals surface area contributed by atoms with Gasteiger partial charge in [-0.2, -0.15) is 0 Å². The lowest BCUT2D eigenvalue weighted by Gasteiger charge is -2.15. The van der Waals surface area contributed by atoms with E-state index >= 15 is 0 Å². The summed E-state index contributed by atoms with van der Waals surface area (Å²) in [6, 6.07) is 1.91. The first-order valence-corrected chi connectivity index (χ1v) is 10.8. The van der Waals surface area contributed by atoms with E-state index < -0.39 is 5.97 Å². The Bertz CT molecular complexity index is 892. The quantitative estimate of drug-likeness (QED) is 0.365. The minimum Gasteiger partial charge on any atom is -0.457 e. The number of carbonyl (C=O) groups is 2. The molecular formula is C22H28N2O3S. The van der Waals surface area contributed by atoms with Crippen LogP contribution in [0, 0.1) is 20.8 Å². The van der Waals surface area contributed by atoms with E-state index in [-0.39, 0.29) is 18.8 Å². The molecule has 1 aliphatic carbocycles. The summed E-state index contributed by atoms with van der Waals surface area (Å²) in [5.74, 6) is -0.573. The molecule has 0 N–H and O–H groups in total. The number of Topliss-reactive ketones (excluding diaryl/α,β-unsaturated/α-hetero) is 1. The molecule has 0 atom stereocenters. The maximum absolute atomic E-state index is 12.6. The number of aryl methyl sites for hydroxylation is 2. The van der Waals surface area contributed by atoms with Gasteiger partial charge in [-0.3, -0.25) is 9.59 Å². The van der Waals surface area contributed by atoms with E-state index in [1.54, 1.807) is 0 Å². The van der Waals surface area contributed by atoms with Gasteiger partial charge in [-0.1, -0.05) is 11.6 Å². The average molecular weight is 401 g/mol. The predicted molar refractivity (Wildman–Crippen MR) is 111 cm³/mol. The summed E-state index contributed by atoms with van der Waals surface area (Å²) in [5.41, 5.74) is 4.88. The maximum atomic E-state index is 12.6. The third-order valence-electron chi connectivity index (χ3n) is 5.27. The molecule has 0 spiro atoms. The van der Waals surface area contributed by atoms with Crippen LogP contribution in [-0.4, -0.2) is 27.9 Å². The standard InChI is InChI=1S/C22H28N2O3S/c1-15-11-20(16(2)24(15)10-9-18-7-5-4-6-8-18)21(25)13-27-22(26)12-19-14-28-17(3)23-19/h7,11,14H,4-6,8-10,12-13H2,1-3H3. The molecule has 3 rings (SSSR count). The highest BCUT2D eigenvalue weighted by Gasteiger charge is 2.18. The van der Waals surface area contributed by atoms with Gasteiger partial charge in [-0.05, 0) is 58.9 Å². The Kier molecular flexibility index (Phi) is 6.83. The van der Waals surface area contributed by atoms with Crippen LogP contribution in [0.1, 0.15) is 64.6 Å². The van der Waals surface area contributed by atoms with Gasteiger partial charge in [-0.15, -0.1) is 11.3 Å². The van der Waals surface area contributed by atoms with Crippen molar-refractivity contribution >= 4 is 23.1 Å². The van der Waals surface area contributed by atoms with Crippen LogP contribution in [0.2, 0.25) is 0 Å². The summed E-state index contributed by atoms with van der Waals surface area (Å²) in [7, 11) is 0. The number of carbonyl (C=O) groups excluding carboxylic acids is 2. The van der Waals surface area contributed by atoms with E-state index in [2.05, 4.69) is 15.6 Å². The Hall–Kier alpha value is -2.21. The normalized spacial score (nSPS) is 14.0. The Labute approximate surface area is 170 Å². The average Bonchev–Trinajstić information content (AvgIpc) is 3.21. The zero-order chi connectivity index (χ0) is 20.1. The van der Waals surface area contributed by atoms with E-state index in [1.165, 1.54) is 42.6 Å². The Morgan fingerprint density at radius 1 is 1.25 bits per heavy atom. The van der Waals surface area contributed by atoms with E-state index in [1.807, 2.05) is 32.2 Å². The number of hydrogen-bond donors (Lipinski definition) is 0. The highest BCUT2D eigenvalue weighted by Crippen LogP contribution is 2.23. The van der Waals surface area contributed by atoms with Gasteiger partial charge in [-0.25, -0.2) is 4.98 Å². The summed E-state index contributed by atoms with van der Waals surface area (Å²) >= 11 is 1.50. The molecule has 0 saturated heterocycles. The van der Waals surface area contributed by atoms with Crippen LogP contribution < -0.4 is 0 Å². The van der Waals surface area contributed by atoms with Crippen molar-refractivity contribution in [3.63, 3.8) is 0 Å². The van der Waals surface area contributed by atoms with Crippen LogP contribution in [0.4, 0.5) is 0 Å². The molecule has 0 aromatic carbocycles. The molecule has 0 unspecified atom stereocenters. The largest absolute Gasteiger partial charge is 0.457 e. The predicted octanol–water partition coefficient (Wildman–Crippen LogP) is 4.73. The van der Waals surface area contributed by atoms with Crippen LogP contribution in [0.25, 0.3) is 0 Å². The van der Waals surface area contributed by atoms with Crippen molar-refractivity contribution in [3.05, 3.63) is 50.7 Å². The fraction of sp³-hybridized carbons (Fsp3) is 0.500. The van der Waals surface area contributed by atoms with Gasteiger partial charge in [0.05, 0.1) is 17.1 Å². The Morgan fingerprint density at radius 2 is 2.07 bits per heavy atom. The van der Waals surface area contributed by atoms with E-state index in [0.717, 1.165) is 29.4 Å². The van der Waals surface area contributed by atoms with Crippen molar-refractivity contribution in [1.82, 2.24) is 9.55 Å². The van der Waals surface area contributed by atoms with Crippen LogP contribution in [0.15, 0.2) is 23.1 Å². The van der Waals surface area contributed by atoms with Gasteiger partial charge in [0.15, 0.2) is 6.61 Å². The Balaban J connectivity index is 1.56. The molecule has 0 amide bonds. The Morgan fingerprint density at radius 3 is 2.75 bits per heavy atom. The zero-order valence-corrected chi connectivity index (χ0v) is 17.7. The number of nitrogens with zero attached hydrogens (tertiary/aromatic N) is 2. The van der Waals surface area contributed by atoms with Crippen LogP contribution >= 0.6 is 11.3 Å². The lowest BCUT2D eigenvalue weighted by Crippen LogP contribution is -2.16. The second kappa shape index (κ2) is 9.32. The number of ketones is 1. The number of allylic oxidation sites excluding steroid dienone is 2. The van der Waals surface area contributed by atoms with Gasteiger partial charge in [0.1, 0.15) is 0 Å².